The largest absolute Gasteiger partial charge is 0.324 e. The Kier molecular flexibility index (Phi) is 10.5. The highest BCUT2D eigenvalue weighted by molar-refractivity contribution is 5.76. The summed E-state index contributed by atoms with van der Waals surface area (Å²) in [6.45, 7) is 22.1. The van der Waals surface area contributed by atoms with Gasteiger partial charge in [0, 0.05) is 22.5 Å². The van der Waals surface area contributed by atoms with Crippen molar-refractivity contribution in [2.24, 2.45) is 27.2 Å². The fourth-order valence-electron chi connectivity index (χ4n) is 4.59. The van der Waals surface area contributed by atoms with E-state index in [1.165, 1.54) is 5.57 Å². The molecule has 0 bridgehead atoms. The van der Waals surface area contributed by atoms with Gasteiger partial charge in [0.25, 0.3) is 0 Å². The van der Waals surface area contributed by atoms with Crippen LogP contribution < -0.4 is 5.84 Å². The van der Waals surface area contributed by atoms with E-state index in [2.05, 4.69) is 139 Å². The second kappa shape index (κ2) is 12.9. The lowest BCUT2D eigenvalue weighted by atomic mass is 9.63. The molecule has 0 saturated carbocycles. The standard InChI is InChI=1S/C36H48N2/c1-10-12-14-18-29(3)30(4)27-36(9,26-25-34(7,28-38-37)32-19-15-13-16-20-32)35(8)23-17-21-31(22-24-35)33(5,6)11-2/h10,12-28H,3,11,37H2,1-2,4-9H3/b12-10-,18-14-,26-25-,30-27+,38-28-. The van der Waals surface area contributed by atoms with Gasteiger partial charge in [-0.25, -0.2) is 0 Å². The van der Waals surface area contributed by atoms with E-state index in [9.17, 15) is 0 Å². The van der Waals surface area contributed by atoms with Gasteiger partial charge in [-0.05, 0) is 54.9 Å². The molecular weight excluding hydrogens is 460 g/mol. The van der Waals surface area contributed by atoms with Crippen LogP contribution in [0.25, 0.3) is 0 Å². The van der Waals surface area contributed by atoms with Gasteiger partial charge in [-0.1, -0.05) is 144 Å². The summed E-state index contributed by atoms with van der Waals surface area (Å²) >= 11 is 0. The van der Waals surface area contributed by atoms with E-state index < -0.39 is 5.41 Å². The molecule has 0 heterocycles. The number of rotatable bonds is 11. The molecule has 0 spiro atoms. The molecule has 0 amide bonds. The van der Waals surface area contributed by atoms with Crippen molar-refractivity contribution in [3.05, 3.63) is 132 Å². The molecule has 3 atom stereocenters. The first-order valence-electron chi connectivity index (χ1n) is 13.6. The summed E-state index contributed by atoms with van der Waals surface area (Å²) in [5.74, 6) is 5.70. The smallest absolute Gasteiger partial charge is 0.0474 e. The number of hydrazone groups is 1. The molecule has 1 aliphatic rings. The van der Waals surface area contributed by atoms with Crippen molar-refractivity contribution >= 4 is 6.21 Å². The summed E-state index contributed by atoms with van der Waals surface area (Å²) < 4.78 is 0. The summed E-state index contributed by atoms with van der Waals surface area (Å²) in [6, 6.07) is 10.4. The first-order chi connectivity index (χ1) is 17.9. The van der Waals surface area contributed by atoms with Gasteiger partial charge >= 0.3 is 0 Å². The molecule has 2 heteroatoms. The molecule has 1 aromatic carbocycles. The van der Waals surface area contributed by atoms with Crippen LogP contribution in [-0.4, -0.2) is 6.21 Å². The number of nitrogens with zero attached hydrogens (tertiary/aromatic N) is 1. The highest BCUT2D eigenvalue weighted by atomic mass is 15.1. The van der Waals surface area contributed by atoms with Gasteiger partial charge < -0.3 is 5.84 Å². The van der Waals surface area contributed by atoms with Crippen molar-refractivity contribution in [3.63, 3.8) is 0 Å². The molecule has 2 N–H and O–H groups in total. The summed E-state index contributed by atoms with van der Waals surface area (Å²) in [7, 11) is 0. The Morgan fingerprint density at radius 1 is 1.05 bits per heavy atom. The summed E-state index contributed by atoms with van der Waals surface area (Å²) in [6.07, 6.45) is 29.4. The van der Waals surface area contributed by atoms with E-state index in [1.807, 2.05) is 37.4 Å². The lowest BCUT2D eigenvalue weighted by Crippen LogP contribution is -2.33. The zero-order valence-electron chi connectivity index (χ0n) is 24.8. The maximum atomic E-state index is 5.70. The van der Waals surface area contributed by atoms with E-state index in [1.54, 1.807) is 0 Å². The molecule has 1 aliphatic carbocycles. The lowest BCUT2D eigenvalue weighted by Gasteiger charge is -2.40. The Morgan fingerprint density at radius 3 is 2.34 bits per heavy atom. The zero-order chi connectivity index (χ0) is 28.5. The molecule has 38 heavy (non-hydrogen) atoms. The molecular formula is C36H48N2. The quantitative estimate of drug-likeness (QED) is 0.104. The van der Waals surface area contributed by atoms with Crippen LogP contribution in [0.15, 0.2) is 132 Å². The van der Waals surface area contributed by atoms with Crippen molar-refractivity contribution in [2.45, 2.75) is 67.2 Å². The third-order valence-corrected chi connectivity index (χ3v) is 8.29. The first-order valence-corrected chi connectivity index (χ1v) is 13.6. The Bertz CT molecular complexity index is 1200. The molecule has 0 aromatic heterocycles. The second-order valence-electron chi connectivity index (χ2n) is 11.6. The van der Waals surface area contributed by atoms with Crippen LogP contribution in [0.3, 0.4) is 0 Å². The van der Waals surface area contributed by atoms with E-state index in [-0.39, 0.29) is 16.2 Å². The minimum atomic E-state index is -0.454. The monoisotopic (exact) mass is 508 g/mol. The van der Waals surface area contributed by atoms with Gasteiger partial charge in [-0.15, -0.1) is 0 Å². The van der Waals surface area contributed by atoms with E-state index in [4.69, 9.17) is 5.84 Å². The third kappa shape index (κ3) is 7.34. The minimum Gasteiger partial charge on any atom is -0.324 e. The van der Waals surface area contributed by atoms with Crippen molar-refractivity contribution < 1.29 is 0 Å². The van der Waals surface area contributed by atoms with Crippen LogP contribution in [0.2, 0.25) is 0 Å². The summed E-state index contributed by atoms with van der Waals surface area (Å²) in [5, 5.41) is 3.95. The lowest BCUT2D eigenvalue weighted by molar-refractivity contribution is 0.313. The van der Waals surface area contributed by atoms with Crippen LogP contribution in [0.5, 0.6) is 0 Å². The number of benzene rings is 1. The third-order valence-electron chi connectivity index (χ3n) is 8.29. The van der Waals surface area contributed by atoms with Gasteiger partial charge in [0.2, 0.25) is 0 Å². The number of hydrogen-bond acceptors (Lipinski definition) is 2. The highest BCUT2D eigenvalue weighted by Gasteiger charge is 2.39. The normalized spacial score (nSPS) is 22.2. The maximum Gasteiger partial charge on any atom is 0.0474 e. The summed E-state index contributed by atoms with van der Waals surface area (Å²) in [4.78, 5) is 0. The van der Waals surface area contributed by atoms with Crippen molar-refractivity contribution in [1.82, 2.24) is 0 Å². The fraction of sp³-hybridized carbons (Fsp3) is 0.361. The van der Waals surface area contributed by atoms with Crippen molar-refractivity contribution in [3.8, 4) is 0 Å². The minimum absolute atomic E-state index is 0.111. The first kappa shape index (κ1) is 30.8. The molecule has 1 aromatic rings. The Morgan fingerprint density at radius 2 is 1.74 bits per heavy atom. The predicted octanol–water partition coefficient (Wildman–Crippen LogP) is 9.58. The second-order valence-corrected chi connectivity index (χ2v) is 11.6. The highest BCUT2D eigenvalue weighted by Crippen LogP contribution is 2.48. The van der Waals surface area contributed by atoms with Gasteiger partial charge in [0.1, 0.15) is 0 Å². The number of hydrogen-bond donors (Lipinski definition) is 1. The van der Waals surface area contributed by atoms with Crippen LogP contribution in [0.1, 0.15) is 67.4 Å². The van der Waals surface area contributed by atoms with Crippen LogP contribution in [0, 0.1) is 16.2 Å². The molecule has 0 fully saturated rings. The van der Waals surface area contributed by atoms with Gasteiger partial charge in [-0.2, -0.15) is 5.10 Å². The Hall–Kier alpha value is -3.39. The van der Waals surface area contributed by atoms with Crippen molar-refractivity contribution in [2.75, 3.05) is 0 Å². The maximum absolute atomic E-state index is 5.70. The Labute approximate surface area is 232 Å². The number of nitrogens with two attached hydrogens (primary N) is 1. The van der Waals surface area contributed by atoms with Crippen LogP contribution in [-0.2, 0) is 5.41 Å². The van der Waals surface area contributed by atoms with E-state index >= 15 is 0 Å². The molecule has 0 saturated heterocycles. The van der Waals surface area contributed by atoms with Crippen molar-refractivity contribution in [1.29, 1.82) is 0 Å². The van der Waals surface area contributed by atoms with Gasteiger partial charge in [0.15, 0.2) is 0 Å². The molecule has 2 rings (SSSR count). The predicted molar refractivity (Wildman–Crippen MR) is 169 cm³/mol. The fourth-order valence-corrected chi connectivity index (χ4v) is 4.59. The molecule has 0 radical (unpaired) electrons. The Balaban J connectivity index is 2.69. The van der Waals surface area contributed by atoms with Gasteiger partial charge in [-0.3, -0.25) is 0 Å². The van der Waals surface area contributed by atoms with E-state index in [0.717, 1.165) is 23.1 Å². The average molecular weight is 509 g/mol. The average Bonchev–Trinajstić information content (AvgIpc) is 3.11. The molecule has 202 valence electrons. The van der Waals surface area contributed by atoms with E-state index in [0.29, 0.717) is 0 Å². The summed E-state index contributed by atoms with van der Waals surface area (Å²) in [5.41, 5.74) is 3.60. The zero-order valence-corrected chi connectivity index (χ0v) is 24.8. The number of allylic oxidation sites excluding steroid dienone is 15. The van der Waals surface area contributed by atoms with Gasteiger partial charge in [0.05, 0.1) is 0 Å². The van der Waals surface area contributed by atoms with Crippen LogP contribution in [0.4, 0.5) is 0 Å². The topological polar surface area (TPSA) is 38.4 Å². The molecule has 0 aliphatic heterocycles. The molecule has 2 nitrogen and oxygen atoms in total. The SMILES string of the molecule is C=C(/C=C\C=C/C)/C(C)=C/C(C)(/C=C\C(C)(/C=N\N)c1ccccc1)C1(C)C=CC=C(C(C)(C)CC)C=C1. The molecule has 3 unspecified atom stereocenters. The van der Waals surface area contributed by atoms with Crippen LogP contribution >= 0.6 is 0 Å².